The smallest absolute Gasteiger partial charge is 0.311 e. The molecule has 0 bridgehead atoms. The monoisotopic (exact) mass is 247 g/mol. The number of fused-ring (bicyclic) bond motifs is 3. The summed E-state index contributed by atoms with van der Waals surface area (Å²) < 4.78 is 15.7. The van der Waals surface area contributed by atoms with Gasteiger partial charge in [-0.15, -0.1) is 0 Å². The molecular weight excluding hydrogens is 233 g/mol. The van der Waals surface area contributed by atoms with Gasteiger partial charge in [-0.2, -0.15) is 0 Å². The van der Waals surface area contributed by atoms with Crippen LogP contribution in [0.15, 0.2) is 18.2 Å². The van der Waals surface area contributed by atoms with Gasteiger partial charge in [-0.25, -0.2) is 4.39 Å². The molecule has 4 heteroatoms. The molecule has 0 radical (unpaired) electrons. The van der Waals surface area contributed by atoms with Crippen LogP contribution >= 0.6 is 0 Å². The first-order chi connectivity index (χ1) is 8.61. The maximum Gasteiger partial charge on any atom is 0.311 e. The second-order valence-electron chi connectivity index (χ2n) is 4.84. The lowest BCUT2D eigenvalue weighted by Crippen LogP contribution is -2.18. The number of benzene rings is 1. The molecule has 1 aromatic heterocycles. The molecule has 0 spiro atoms. The van der Waals surface area contributed by atoms with Crippen molar-refractivity contribution in [1.29, 1.82) is 0 Å². The molecule has 0 amide bonds. The van der Waals surface area contributed by atoms with Gasteiger partial charge in [0.1, 0.15) is 5.82 Å². The van der Waals surface area contributed by atoms with Gasteiger partial charge in [-0.05, 0) is 30.9 Å². The fourth-order valence-electron chi connectivity index (χ4n) is 3.10. The highest BCUT2D eigenvalue weighted by molar-refractivity contribution is 5.92. The number of aromatic nitrogens is 1. The zero-order chi connectivity index (χ0) is 12.9. The van der Waals surface area contributed by atoms with Gasteiger partial charge < -0.3 is 9.67 Å². The summed E-state index contributed by atoms with van der Waals surface area (Å²) in [6.45, 7) is 0. The summed E-state index contributed by atoms with van der Waals surface area (Å²) in [4.78, 5) is 11.4. The molecule has 1 heterocycles. The summed E-state index contributed by atoms with van der Waals surface area (Å²) in [5.41, 5.74) is 2.30. The molecule has 2 aromatic rings. The lowest BCUT2D eigenvalue weighted by molar-refractivity contribution is -0.139. The summed E-state index contributed by atoms with van der Waals surface area (Å²) >= 11 is 0. The molecule has 0 aliphatic heterocycles. The van der Waals surface area contributed by atoms with E-state index in [1.165, 1.54) is 6.07 Å². The second kappa shape index (κ2) is 3.83. The van der Waals surface area contributed by atoms with Gasteiger partial charge in [0.2, 0.25) is 0 Å². The zero-order valence-corrected chi connectivity index (χ0v) is 10.1. The SMILES string of the molecule is Cn1c2c(c3cccc(F)c31)C(C(=O)O)CCC2. The van der Waals surface area contributed by atoms with Gasteiger partial charge in [0.25, 0.3) is 0 Å². The second-order valence-corrected chi connectivity index (χ2v) is 4.84. The topological polar surface area (TPSA) is 42.2 Å². The third kappa shape index (κ3) is 1.38. The average Bonchev–Trinajstić information content (AvgIpc) is 2.65. The van der Waals surface area contributed by atoms with Gasteiger partial charge in [0, 0.05) is 18.1 Å². The molecule has 1 aliphatic rings. The molecule has 1 aliphatic carbocycles. The van der Waals surface area contributed by atoms with Crippen molar-refractivity contribution in [2.24, 2.45) is 7.05 Å². The van der Waals surface area contributed by atoms with Crippen molar-refractivity contribution in [3.8, 4) is 0 Å². The molecule has 18 heavy (non-hydrogen) atoms. The van der Waals surface area contributed by atoms with E-state index in [0.29, 0.717) is 11.9 Å². The van der Waals surface area contributed by atoms with E-state index in [2.05, 4.69) is 0 Å². The van der Waals surface area contributed by atoms with Crippen LogP contribution in [0.1, 0.15) is 30.0 Å². The van der Waals surface area contributed by atoms with Crippen LogP contribution in [0.2, 0.25) is 0 Å². The minimum atomic E-state index is -0.812. The minimum Gasteiger partial charge on any atom is -0.481 e. The van der Waals surface area contributed by atoms with Crippen molar-refractivity contribution in [2.45, 2.75) is 25.2 Å². The third-order valence-electron chi connectivity index (χ3n) is 3.88. The quantitative estimate of drug-likeness (QED) is 0.842. The molecule has 1 unspecified atom stereocenters. The molecule has 1 atom stereocenters. The van der Waals surface area contributed by atoms with E-state index in [9.17, 15) is 14.3 Å². The van der Waals surface area contributed by atoms with Crippen LogP contribution in [0, 0.1) is 5.82 Å². The lowest BCUT2D eigenvalue weighted by atomic mass is 9.85. The maximum atomic E-state index is 13.9. The highest BCUT2D eigenvalue weighted by Crippen LogP contribution is 2.39. The molecule has 0 saturated carbocycles. The molecule has 3 nitrogen and oxygen atoms in total. The largest absolute Gasteiger partial charge is 0.481 e. The van der Waals surface area contributed by atoms with Crippen LogP contribution in [0.25, 0.3) is 10.9 Å². The number of carboxylic acids is 1. The van der Waals surface area contributed by atoms with Crippen LogP contribution in [0.3, 0.4) is 0 Å². The van der Waals surface area contributed by atoms with E-state index in [1.54, 1.807) is 6.07 Å². The third-order valence-corrected chi connectivity index (χ3v) is 3.88. The molecule has 3 rings (SSSR count). The standard InChI is InChI=1S/C14H14FNO2/c1-16-11-7-3-5-9(14(17)18)12(11)8-4-2-6-10(15)13(8)16/h2,4,6,9H,3,5,7H2,1H3,(H,17,18). The normalized spacial score (nSPS) is 18.9. The lowest BCUT2D eigenvalue weighted by Gasteiger charge is -2.20. The van der Waals surface area contributed by atoms with Crippen LogP contribution in [0.4, 0.5) is 4.39 Å². The predicted molar refractivity (Wildman–Crippen MR) is 66.2 cm³/mol. The molecule has 0 fully saturated rings. The van der Waals surface area contributed by atoms with E-state index >= 15 is 0 Å². The Labute approximate surface area is 104 Å². The molecule has 94 valence electrons. The van der Waals surface area contributed by atoms with Gasteiger partial charge in [0.05, 0.1) is 11.4 Å². The zero-order valence-electron chi connectivity index (χ0n) is 10.1. The van der Waals surface area contributed by atoms with Gasteiger partial charge in [-0.1, -0.05) is 12.1 Å². The van der Waals surface area contributed by atoms with E-state index in [1.807, 2.05) is 17.7 Å². The number of nitrogens with zero attached hydrogens (tertiary/aromatic N) is 1. The molecule has 0 saturated heterocycles. The van der Waals surface area contributed by atoms with Crippen molar-refractivity contribution >= 4 is 16.9 Å². The highest BCUT2D eigenvalue weighted by atomic mass is 19.1. The van der Waals surface area contributed by atoms with Crippen molar-refractivity contribution in [1.82, 2.24) is 4.57 Å². The summed E-state index contributed by atoms with van der Waals surface area (Å²) in [5.74, 6) is -1.60. The summed E-state index contributed by atoms with van der Waals surface area (Å²) in [5, 5.41) is 10.1. The first-order valence-electron chi connectivity index (χ1n) is 6.09. The van der Waals surface area contributed by atoms with Crippen LogP contribution in [-0.2, 0) is 18.3 Å². The number of aryl methyl sites for hydroxylation is 1. The van der Waals surface area contributed by atoms with Crippen LogP contribution in [0.5, 0.6) is 0 Å². The van der Waals surface area contributed by atoms with Crippen molar-refractivity contribution in [3.05, 3.63) is 35.3 Å². The van der Waals surface area contributed by atoms with E-state index < -0.39 is 11.9 Å². The number of para-hydroxylation sites is 1. The Morgan fingerprint density at radius 2 is 2.28 bits per heavy atom. The number of halogens is 1. The number of carboxylic acid groups (broad SMARTS) is 1. The summed E-state index contributed by atoms with van der Waals surface area (Å²) in [7, 11) is 1.81. The predicted octanol–water partition coefficient (Wildman–Crippen LogP) is 2.82. The number of hydrogen-bond donors (Lipinski definition) is 1. The van der Waals surface area contributed by atoms with Crippen LogP contribution < -0.4 is 0 Å². The number of hydrogen-bond acceptors (Lipinski definition) is 1. The fraction of sp³-hybridized carbons (Fsp3) is 0.357. The first-order valence-corrected chi connectivity index (χ1v) is 6.09. The Bertz CT molecular complexity index is 645. The number of rotatable bonds is 1. The average molecular weight is 247 g/mol. The summed E-state index contributed by atoms with van der Waals surface area (Å²) in [6, 6.07) is 4.88. The molecular formula is C14H14FNO2. The maximum absolute atomic E-state index is 13.9. The van der Waals surface area contributed by atoms with Gasteiger partial charge >= 0.3 is 5.97 Å². The highest BCUT2D eigenvalue weighted by Gasteiger charge is 2.31. The van der Waals surface area contributed by atoms with Gasteiger partial charge in [-0.3, -0.25) is 4.79 Å². The van der Waals surface area contributed by atoms with E-state index in [4.69, 9.17) is 0 Å². The first kappa shape index (κ1) is 11.3. The van der Waals surface area contributed by atoms with Gasteiger partial charge in [0.15, 0.2) is 0 Å². The Hall–Kier alpha value is -1.84. The van der Waals surface area contributed by atoms with E-state index in [0.717, 1.165) is 29.5 Å². The van der Waals surface area contributed by atoms with Crippen molar-refractivity contribution < 1.29 is 14.3 Å². The fourth-order valence-corrected chi connectivity index (χ4v) is 3.10. The van der Waals surface area contributed by atoms with Crippen molar-refractivity contribution in [3.63, 3.8) is 0 Å². The number of aliphatic carboxylic acids is 1. The Morgan fingerprint density at radius 1 is 1.50 bits per heavy atom. The van der Waals surface area contributed by atoms with E-state index in [-0.39, 0.29) is 5.82 Å². The summed E-state index contributed by atoms with van der Waals surface area (Å²) in [6.07, 6.45) is 2.30. The molecule has 1 N–H and O–H groups in total. The Balaban J connectivity index is 2.39. The van der Waals surface area contributed by atoms with Crippen LogP contribution in [-0.4, -0.2) is 15.6 Å². The Kier molecular flexibility index (Phi) is 2.40. The minimum absolute atomic E-state index is 0.284. The van der Waals surface area contributed by atoms with Crippen molar-refractivity contribution in [2.75, 3.05) is 0 Å². The molecule has 1 aromatic carbocycles. The number of carbonyl (C=O) groups is 1. The Morgan fingerprint density at radius 3 is 3.00 bits per heavy atom.